The van der Waals surface area contributed by atoms with Gasteiger partial charge in [-0.2, -0.15) is 0 Å². The molecule has 1 aromatic heterocycles. The topological polar surface area (TPSA) is 42.4 Å². The second kappa shape index (κ2) is 8.43. The van der Waals surface area contributed by atoms with Gasteiger partial charge in [0.25, 0.3) is 0 Å². The van der Waals surface area contributed by atoms with Gasteiger partial charge in [0, 0.05) is 6.20 Å². The first-order valence-electron chi connectivity index (χ1n) is 9.45. The number of pyridine rings is 1. The molecule has 1 amide bonds. The Labute approximate surface area is 171 Å². The van der Waals surface area contributed by atoms with Crippen molar-refractivity contribution >= 4 is 11.9 Å². The summed E-state index contributed by atoms with van der Waals surface area (Å²) in [5, 5.41) is 0. The highest BCUT2D eigenvalue weighted by Gasteiger charge is 2.29. The van der Waals surface area contributed by atoms with Crippen molar-refractivity contribution in [3.05, 3.63) is 84.3 Å². The van der Waals surface area contributed by atoms with E-state index in [0.29, 0.717) is 16.9 Å². The fourth-order valence-corrected chi connectivity index (χ4v) is 2.96. The molecule has 1 unspecified atom stereocenters. The van der Waals surface area contributed by atoms with Crippen molar-refractivity contribution < 1.29 is 13.9 Å². The summed E-state index contributed by atoms with van der Waals surface area (Å²) in [5.74, 6) is 0.0736. The van der Waals surface area contributed by atoms with Gasteiger partial charge in [0.05, 0.1) is 6.04 Å². The third-order valence-corrected chi connectivity index (χ3v) is 4.33. The molecule has 2 aromatic carbocycles. The summed E-state index contributed by atoms with van der Waals surface area (Å²) in [6.45, 7) is 7.38. The molecule has 0 aliphatic heterocycles. The molecule has 1 radical (unpaired) electrons. The Kier molecular flexibility index (Phi) is 5.97. The van der Waals surface area contributed by atoms with Crippen LogP contribution in [0.1, 0.15) is 39.3 Å². The van der Waals surface area contributed by atoms with Gasteiger partial charge in [-0.15, -0.1) is 0 Å². The summed E-state index contributed by atoms with van der Waals surface area (Å²) < 4.78 is 19.3. The maximum absolute atomic E-state index is 13.7. The molecule has 3 aromatic rings. The number of hydrogen-bond donors (Lipinski definition) is 0. The quantitative estimate of drug-likeness (QED) is 0.532. The molecule has 0 fully saturated rings. The zero-order valence-corrected chi connectivity index (χ0v) is 17.0. The molecule has 4 nitrogen and oxygen atoms in total. The van der Waals surface area contributed by atoms with E-state index in [-0.39, 0.29) is 11.9 Å². The lowest BCUT2D eigenvalue weighted by Gasteiger charge is -2.31. The summed E-state index contributed by atoms with van der Waals surface area (Å²) >= 11 is 0. The smallest absolute Gasteiger partial charge is 0.416 e. The number of carbonyl (C=O) groups excluding carboxylic acids is 1. The number of hydrogen-bond acceptors (Lipinski definition) is 3. The number of carbonyl (C=O) groups is 1. The zero-order chi connectivity index (χ0) is 21.0. The average Bonchev–Trinajstić information content (AvgIpc) is 2.67. The molecule has 0 saturated heterocycles. The van der Waals surface area contributed by atoms with Gasteiger partial charge in [0.1, 0.15) is 17.2 Å². The molecule has 149 valence electrons. The molecule has 0 aliphatic rings. The van der Waals surface area contributed by atoms with Crippen LogP contribution in [0, 0.1) is 11.9 Å². The monoisotopic (exact) mass is 391 g/mol. The van der Waals surface area contributed by atoms with Crippen LogP contribution < -0.4 is 4.90 Å². The van der Waals surface area contributed by atoms with Crippen molar-refractivity contribution in [2.45, 2.75) is 39.3 Å². The molecule has 0 aliphatic carbocycles. The number of rotatable bonds is 4. The minimum Gasteiger partial charge on any atom is -0.443 e. The van der Waals surface area contributed by atoms with Crippen molar-refractivity contribution in [2.75, 3.05) is 4.90 Å². The van der Waals surface area contributed by atoms with Gasteiger partial charge in [-0.25, -0.2) is 14.2 Å². The highest BCUT2D eigenvalue weighted by atomic mass is 19.1. The van der Waals surface area contributed by atoms with Crippen LogP contribution in [-0.4, -0.2) is 16.7 Å². The van der Waals surface area contributed by atoms with E-state index in [4.69, 9.17) is 4.74 Å². The number of aromatic nitrogens is 1. The number of amides is 1. The van der Waals surface area contributed by atoms with E-state index in [1.807, 2.05) is 58.0 Å². The van der Waals surface area contributed by atoms with Crippen LogP contribution >= 0.6 is 0 Å². The van der Waals surface area contributed by atoms with E-state index in [1.54, 1.807) is 18.3 Å². The molecule has 1 atom stereocenters. The highest BCUT2D eigenvalue weighted by molar-refractivity contribution is 5.88. The minimum absolute atomic E-state index is 0.315. The number of nitrogens with zero attached hydrogens (tertiary/aromatic N) is 2. The Morgan fingerprint density at radius 1 is 1.14 bits per heavy atom. The normalized spacial score (nSPS) is 12.3. The lowest BCUT2D eigenvalue weighted by Crippen LogP contribution is -2.39. The van der Waals surface area contributed by atoms with Crippen LogP contribution in [0.25, 0.3) is 11.1 Å². The summed E-state index contributed by atoms with van der Waals surface area (Å²) in [6, 6.07) is 20.1. The van der Waals surface area contributed by atoms with Gasteiger partial charge in [-0.3, -0.25) is 4.90 Å². The van der Waals surface area contributed by atoms with E-state index in [0.717, 1.165) is 5.56 Å². The Bertz CT molecular complexity index is 983. The van der Waals surface area contributed by atoms with Crippen molar-refractivity contribution in [3.8, 4) is 11.1 Å². The van der Waals surface area contributed by atoms with Crippen molar-refractivity contribution in [1.82, 2.24) is 4.98 Å². The van der Waals surface area contributed by atoms with Gasteiger partial charge in [0.15, 0.2) is 0 Å². The number of ether oxygens (including phenoxy) is 1. The SMILES string of the molecule is CC(c1ccccc1)N(C(=O)OC(C)(C)C)c1cc(-c2[c]ccc(F)c2)ccn1. The van der Waals surface area contributed by atoms with Gasteiger partial charge in [-0.05, 0) is 74.7 Å². The lowest BCUT2D eigenvalue weighted by molar-refractivity contribution is 0.0566. The minimum atomic E-state index is -0.653. The molecule has 1 heterocycles. The molecule has 0 spiro atoms. The standard InChI is InChI=1S/C24H24FN2O2/c1-17(18-9-6-5-7-10-18)27(23(28)29-24(2,3)4)22-16-20(13-14-26-22)19-11-8-12-21(25)15-19/h5-10,12-17H,1-4H3. The summed E-state index contributed by atoms with van der Waals surface area (Å²) in [6.07, 6.45) is 1.10. The van der Waals surface area contributed by atoms with E-state index in [2.05, 4.69) is 11.1 Å². The van der Waals surface area contributed by atoms with Gasteiger partial charge < -0.3 is 4.74 Å². The Hall–Kier alpha value is -3.21. The van der Waals surface area contributed by atoms with E-state index >= 15 is 0 Å². The fraction of sp³-hybridized carbons (Fsp3) is 0.250. The zero-order valence-electron chi connectivity index (χ0n) is 17.0. The first kappa shape index (κ1) is 20.5. The highest BCUT2D eigenvalue weighted by Crippen LogP contribution is 2.30. The molecule has 5 heteroatoms. The Morgan fingerprint density at radius 2 is 1.86 bits per heavy atom. The van der Waals surface area contributed by atoms with Crippen LogP contribution in [0.4, 0.5) is 15.0 Å². The second-order valence-corrected chi connectivity index (χ2v) is 7.76. The fourth-order valence-electron chi connectivity index (χ4n) is 2.96. The first-order chi connectivity index (χ1) is 13.7. The van der Waals surface area contributed by atoms with Crippen molar-refractivity contribution in [3.63, 3.8) is 0 Å². The molecule has 3 rings (SSSR count). The molecule has 29 heavy (non-hydrogen) atoms. The third-order valence-electron chi connectivity index (χ3n) is 4.33. The summed E-state index contributed by atoms with van der Waals surface area (Å²) in [4.78, 5) is 19.0. The van der Waals surface area contributed by atoms with E-state index in [9.17, 15) is 9.18 Å². The number of anilines is 1. The molecular weight excluding hydrogens is 367 g/mol. The Balaban J connectivity index is 2.04. The average molecular weight is 391 g/mol. The van der Waals surface area contributed by atoms with Gasteiger partial charge in [-0.1, -0.05) is 36.4 Å². The van der Waals surface area contributed by atoms with E-state index in [1.165, 1.54) is 23.1 Å². The molecular formula is C24H24FN2O2. The maximum Gasteiger partial charge on any atom is 0.416 e. The lowest BCUT2D eigenvalue weighted by atomic mass is 10.1. The largest absolute Gasteiger partial charge is 0.443 e. The maximum atomic E-state index is 13.7. The third kappa shape index (κ3) is 5.19. The van der Waals surface area contributed by atoms with Crippen LogP contribution in [0.5, 0.6) is 0 Å². The van der Waals surface area contributed by atoms with Crippen LogP contribution in [0.2, 0.25) is 0 Å². The van der Waals surface area contributed by atoms with Crippen LogP contribution in [0.15, 0.2) is 66.9 Å². The summed E-state index contributed by atoms with van der Waals surface area (Å²) in [7, 11) is 0. The van der Waals surface area contributed by atoms with Crippen LogP contribution in [0.3, 0.4) is 0 Å². The van der Waals surface area contributed by atoms with E-state index < -0.39 is 11.7 Å². The first-order valence-corrected chi connectivity index (χ1v) is 9.45. The van der Waals surface area contributed by atoms with Crippen LogP contribution in [-0.2, 0) is 4.74 Å². The van der Waals surface area contributed by atoms with Crippen molar-refractivity contribution in [2.24, 2.45) is 0 Å². The summed E-state index contributed by atoms with van der Waals surface area (Å²) in [5.41, 5.74) is 1.59. The number of halogens is 1. The number of benzene rings is 2. The van der Waals surface area contributed by atoms with Crippen molar-refractivity contribution in [1.29, 1.82) is 0 Å². The second-order valence-electron chi connectivity index (χ2n) is 7.76. The van der Waals surface area contributed by atoms with Gasteiger partial charge >= 0.3 is 6.09 Å². The predicted molar refractivity (Wildman–Crippen MR) is 112 cm³/mol. The predicted octanol–water partition coefficient (Wildman–Crippen LogP) is 6.19. The van der Waals surface area contributed by atoms with Gasteiger partial charge in [0.2, 0.25) is 0 Å². The molecule has 0 bridgehead atoms. The molecule has 0 N–H and O–H groups in total. The molecule has 0 saturated carbocycles. The Morgan fingerprint density at radius 3 is 2.52 bits per heavy atom.